The third kappa shape index (κ3) is 5.58. The van der Waals surface area contributed by atoms with E-state index in [1.54, 1.807) is 10.7 Å². The number of amides is 1. The first-order valence-electron chi connectivity index (χ1n) is 12.8. The number of fused-ring (bicyclic) bond motifs is 1. The first-order chi connectivity index (χ1) is 16.6. The second-order valence-corrected chi connectivity index (χ2v) is 10.1. The SMILES string of the molecule is CC1CCN(Cc2cccc(CNc3ccn4ncc(C(=O)NC5CCCCC5)c4n3)c2)CC1. The van der Waals surface area contributed by atoms with Gasteiger partial charge in [-0.1, -0.05) is 50.5 Å². The fraction of sp³-hybridized carbons (Fsp3) is 0.519. The van der Waals surface area contributed by atoms with Crippen LogP contribution in [0.3, 0.4) is 0 Å². The number of nitrogens with zero attached hydrogens (tertiary/aromatic N) is 4. The Morgan fingerprint density at radius 1 is 1.06 bits per heavy atom. The average Bonchev–Trinajstić information content (AvgIpc) is 3.29. The first kappa shape index (κ1) is 22.8. The van der Waals surface area contributed by atoms with E-state index in [1.165, 1.54) is 56.3 Å². The van der Waals surface area contributed by atoms with Gasteiger partial charge in [0.25, 0.3) is 5.91 Å². The Morgan fingerprint density at radius 2 is 1.85 bits per heavy atom. The zero-order chi connectivity index (χ0) is 23.3. The Hall–Kier alpha value is -2.93. The molecule has 7 heteroatoms. The van der Waals surface area contributed by atoms with E-state index < -0.39 is 0 Å². The summed E-state index contributed by atoms with van der Waals surface area (Å²) in [6.07, 6.45) is 11.8. The minimum Gasteiger partial charge on any atom is -0.366 e. The van der Waals surface area contributed by atoms with Gasteiger partial charge in [0, 0.05) is 25.3 Å². The molecule has 34 heavy (non-hydrogen) atoms. The van der Waals surface area contributed by atoms with Crippen LogP contribution in [0.15, 0.2) is 42.7 Å². The van der Waals surface area contributed by atoms with Crippen molar-refractivity contribution in [2.75, 3.05) is 18.4 Å². The highest BCUT2D eigenvalue weighted by atomic mass is 16.1. The molecule has 2 aliphatic rings. The largest absolute Gasteiger partial charge is 0.366 e. The molecular formula is C27H36N6O. The van der Waals surface area contributed by atoms with Crippen LogP contribution < -0.4 is 10.6 Å². The summed E-state index contributed by atoms with van der Waals surface area (Å²) in [5, 5.41) is 10.9. The lowest BCUT2D eigenvalue weighted by molar-refractivity contribution is 0.0929. The lowest BCUT2D eigenvalue weighted by Gasteiger charge is -2.30. The quantitative estimate of drug-likeness (QED) is 0.537. The molecule has 5 rings (SSSR count). The van der Waals surface area contributed by atoms with Crippen LogP contribution in [0, 0.1) is 5.92 Å². The molecule has 2 N–H and O–H groups in total. The van der Waals surface area contributed by atoms with Gasteiger partial charge in [0.2, 0.25) is 0 Å². The zero-order valence-electron chi connectivity index (χ0n) is 20.2. The van der Waals surface area contributed by atoms with Crippen molar-refractivity contribution in [3.63, 3.8) is 0 Å². The van der Waals surface area contributed by atoms with Crippen molar-refractivity contribution in [2.45, 2.75) is 71.0 Å². The maximum atomic E-state index is 12.9. The molecule has 0 spiro atoms. The van der Waals surface area contributed by atoms with Crippen LogP contribution in [0.4, 0.5) is 5.82 Å². The predicted molar refractivity (Wildman–Crippen MR) is 135 cm³/mol. The van der Waals surface area contributed by atoms with Crippen LogP contribution in [0.5, 0.6) is 0 Å². The molecule has 0 radical (unpaired) electrons. The summed E-state index contributed by atoms with van der Waals surface area (Å²) < 4.78 is 1.67. The predicted octanol–water partition coefficient (Wildman–Crippen LogP) is 4.64. The molecule has 1 aromatic carbocycles. The number of carbonyl (C=O) groups excluding carboxylic acids is 1. The summed E-state index contributed by atoms with van der Waals surface area (Å²) in [4.78, 5) is 20.1. The highest BCUT2D eigenvalue weighted by Gasteiger charge is 2.20. The first-order valence-corrected chi connectivity index (χ1v) is 12.8. The summed E-state index contributed by atoms with van der Waals surface area (Å²) in [5.74, 6) is 1.52. The summed E-state index contributed by atoms with van der Waals surface area (Å²) in [5.41, 5.74) is 3.71. The third-order valence-corrected chi connectivity index (χ3v) is 7.30. The average molecular weight is 461 g/mol. The zero-order valence-corrected chi connectivity index (χ0v) is 20.2. The van der Waals surface area contributed by atoms with Crippen LogP contribution in [0.25, 0.3) is 5.65 Å². The number of carbonyl (C=O) groups is 1. The second kappa shape index (κ2) is 10.6. The topological polar surface area (TPSA) is 74.6 Å². The lowest BCUT2D eigenvalue weighted by Crippen LogP contribution is -2.36. The van der Waals surface area contributed by atoms with Gasteiger partial charge in [0.05, 0.1) is 6.20 Å². The highest BCUT2D eigenvalue weighted by Crippen LogP contribution is 2.20. The van der Waals surface area contributed by atoms with Gasteiger partial charge >= 0.3 is 0 Å². The molecule has 0 bridgehead atoms. The van der Waals surface area contributed by atoms with Crippen LogP contribution >= 0.6 is 0 Å². The number of benzene rings is 1. The van der Waals surface area contributed by atoms with Crippen LogP contribution in [-0.2, 0) is 13.1 Å². The normalized spacial score (nSPS) is 18.3. The molecule has 3 aromatic rings. The van der Waals surface area contributed by atoms with E-state index >= 15 is 0 Å². The number of anilines is 1. The number of aromatic nitrogens is 3. The monoisotopic (exact) mass is 460 g/mol. The Bertz CT molecular complexity index is 1110. The van der Waals surface area contributed by atoms with Gasteiger partial charge < -0.3 is 10.6 Å². The van der Waals surface area contributed by atoms with Crippen LogP contribution in [0.2, 0.25) is 0 Å². The summed E-state index contributed by atoms with van der Waals surface area (Å²) in [7, 11) is 0. The summed E-state index contributed by atoms with van der Waals surface area (Å²) >= 11 is 0. The molecule has 0 atom stereocenters. The molecule has 1 aliphatic carbocycles. The van der Waals surface area contributed by atoms with Crippen molar-refractivity contribution in [3.05, 3.63) is 59.4 Å². The van der Waals surface area contributed by atoms with Gasteiger partial charge in [-0.15, -0.1) is 0 Å². The number of piperidine rings is 1. The fourth-order valence-corrected chi connectivity index (χ4v) is 5.15. The standard InChI is InChI=1S/C27H36N6O/c1-20-10-13-32(14-11-20)19-22-7-5-6-21(16-22)17-28-25-12-15-33-26(31-25)24(18-29-33)27(34)30-23-8-3-2-4-9-23/h5-7,12,15-16,18,20,23H,2-4,8-11,13-14,17,19H2,1H3,(H,28,31)(H,30,34). The van der Waals surface area contributed by atoms with E-state index in [4.69, 9.17) is 4.98 Å². The van der Waals surface area contributed by atoms with E-state index in [1.807, 2.05) is 12.3 Å². The third-order valence-electron chi connectivity index (χ3n) is 7.30. The molecule has 2 aromatic heterocycles. The van der Waals surface area contributed by atoms with Crippen molar-refractivity contribution in [1.82, 2.24) is 24.8 Å². The molecule has 1 amide bonds. The van der Waals surface area contributed by atoms with Crippen molar-refractivity contribution in [3.8, 4) is 0 Å². The van der Waals surface area contributed by atoms with Gasteiger partial charge in [-0.25, -0.2) is 9.50 Å². The van der Waals surface area contributed by atoms with Crippen LogP contribution in [0.1, 0.15) is 73.4 Å². The smallest absolute Gasteiger partial charge is 0.256 e. The van der Waals surface area contributed by atoms with E-state index in [-0.39, 0.29) is 11.9 Å². The highest BCUT2D eigenvalue weighted by molar-refractivity contribution is 5.99. The number of likely N-dealkylation sites (tertiary alicyclic amines) is 1. The lowest BCUT2D eigenvalue weighted by atomic mass is 9.95. The van der Waals surface area contributed by atoms with Crippen molar-refractivity contribution in [1.29, 1.82) is 0 Å². The molecule has 2 fully saturated rings. The van der Waals surface area contributed by atoms with Gasteiger partial charge in [0.1, 0.15) is 11.4 Å². The Balaban J connectivity index is 1.22. The van der Waals surface area contributed by atoms with E-state index in [0.29, 0.717) is 17.8 Å². The maximum Gasteiger partial charge on any atom is 0.256 e. The summed E-state index contributed by atoms with van der Waals surface area (Å²) in [6.45, 7) is 6.43. The minimum atomic E-state index is -0.0774. The molecular weight excluding hydrogens is 424 g/mol. The fourth-order valence-electron chi connectivity index (χ4n) is 5.15. The Labute approximate surface area is 201 Å². The molecule has 1 saturated heterocycles. The minimum absolute atomic E-state index is 0.0774. The van der Waals surface area contributed by atoms with Crippen LogP contribution in [-0.4, -0.2) is 44.5 Å². The van der Waals surface area contributed by atoms with Gasteiger partial charge in [-0.2, -0.15) is 5.10 Å². The van der Waals surface area contributed by atoms with Gasteiger partial charge in [-0.05, 0) is 61.9 Å². The van der Waals surface area contributed by atoms with E-state index in [0.717, 1.165) is 31.1 Å². The second-order valence-electron chi connectivity index (χ2n) is 10.1. The molecule has 7 nitrogen and oxygen atoms in total. The molecule has 180 valence electrons. The molecule has 1 aliphatic heterocycles. The summed E-state index contributed by atoms with van der Waals surface area (Å²) in [6, 6.07) is 11.0. The van der Waals surface area contributed by atoms with Crippen molar-refractivity contribution < 1.29 is 4.79 Å². The molecule has 0 unspecified atom stereocenters. The maximum absolute atomic E-state index is 12.9. The number of hydrogen-bond acceptors (Lipinski definition) is 5. The molecule has 1 saturated carbocycles. The van der Waals surface area contributed by atoms with Gasteiger partial charge in [-0.3, -0.25) is 9.69 Å². The van der Waals surface area contributed by atoms with Crippen molar-refractivity contribution in [2.24, 2.45) is 5.92 Å². The molecule has 3 heterocycles. The Morgan fingerprint density at radius 3 is 2.68 bits per heavy atom. The van der Waals surface area contributed by atoms with E-state index in [9.17, 15) is 4.79 Å². The van der Waals surface area contributed by atoms with E-state index in [2.05, 4.69) is 51.8 Å². The number of rotatable bonds is 7. The Kier molecular flexibility index (Phi) is 7.09. The number of hydrogen-bond donors (Lipinski definition) is 2. The number of nitrogens with one attached hydrogen (secondary N) is 2. The van der Waals surface area contributed by atoms with Crippen molar-refractivity contribution >= 4 is 17.4 Å². The van der Waals surface area contributed by atoms with Gasteiger partial charge in [0.15, 0.2) is 5.65 Å².